The second kappa shape index (κ2) is 7.16. The molecule has 0 amide bonds. The van der Waals surface area contributed by atoms with Gasteiger partial charge in [-0.25, -0.2) is 0 Å². The number of anilines is 1. The Balaban J connectivity index is 2.03. The number of hydrogen-bond acceptors (Lipinski definition) is 3. The summed E-state index contributed by atoms with van der Waals surface area (Å²) in [6.07, 6.45) is 3.77. The van der Waals surface area contributed by atoms with Crippen LogP contribution in [-0.2, 0) is 0 Å². The zero-order valence-electron chi connectivity index (χ0n) is 11.7. The first-order chi connectivity index (χ1) is 9.33. The van der Waals surface area contributed by atoms with Crippen LogP contribution in [-0.4, -0.2) is 26.2 Å². The first-order valence-electron chi connectivity index (χ1n) is 7.29. The average Bonchev–Trinajstić information content (AvgIpc) is 2.48. The van der Waals surface area contributed by atoms with E-state index in [2.05, 4.69) is 35.3 Å². The molecule has 1 N–H and O–H groups in total. The summed E-state index contributed by atoms with van der Waals surface area (Å²) in [5.41, 5.74) is 1.98. The second-order valence-corrected chi connectivity index (χ2v) is 5.32. The van der Waals surface area contributed by atoms with Crippen LogP contribution in [0.2, 0.25) is 0 Å². The van der Waals surface area contributed by atoms with E-state index >= 15 is 0 Å². The summed E-state index contributed by atoms with van der Waals surface area (Å²) in [5.74, 6) is 0.746. The van der Waals surface area contributed by atoms with Crippen LogP contribution < -0.4 is 10.2 Å². The molecule has 1 unspecified atom stereocenters. The summed E-state index contributed by atoms with van der Waals surface area (Å²) in [7, 11) is 0. The molecule has 3 nitrogen and oxygen atoms in total. The Kier molecular flexibility index (Phi) is 5.23. The molecule has 1 aromatic carbocycles. The summed E-state index contributed by atoms with van der Waals surface area (Å²) in [5, 5.41) is 12.3. The van der Waals surface area contributed by atoms with Gasteiger partial charge in [-0.2, -0.15) is 5.26 Å². The summed E-state index contributed by atoms with van der Waals surface area (Å²) >= 11 is 0. The minimum absolute atomic E-state index is 0.736. The van der Waals surface area contributed by atoms with Crippen LogP contribution in [0.3, 0.4) is 0 Å². The lowest BCUT2D eigenvalue weighted by Gasteiger charge is -2.31. The van der Waals surface area contributed by atoms with Crippen molar-refractivity contribution in [2.24, 2.45) is 5.92 Å². The predicted octanol–water partition coefficient (Wildman–Crippen LogP) is 2.77. The van der Waals surface area contributed by atoms with Gasteiger partial charge in [0, 0.05) is 18.8 Å². The van der Waals surface area contributed by atoms with E-state index in [9.17, 15) is 0 Å². The molecule has 1 aromatic rings. The Bertz CT molecular complexity index is 413. The molecule has 102 valence electrons. The lowest BCUT2D eigenvalue weighted by atomic mass is 9.98. The monoisotopic (exact) mass is 257 g/mol. The third kappa shape index (κ3) is 3.97. The summed E-state index contributed by atoms with van der Waals surface area (Å²) in [6.45, 7) is 6.72. The van der Waals surface area contributed by atoms with Gasteiger partial charge in [-0.15, -0.1) is 0 Å². The smallest absolute Gasteiger partial charge is 0.0991 e. The molecular weight excluding hydrogens is 234 g/mol. The molecule has 19 heavy (non-hydrogen) atoms. The quantitative estimate of drug-likeness (QED) is 0.881. The maximum absolute atomic E-state index is 8.86. The van der Waals surface area contributed by atoms with E-state index in [1.165, 1.54) is 25.1 Å². The molecule has 1 aliphatic heterocycles. The average molecular weight is 257 g/mol. The molecule has 0 saturated carbocycles. The highest BCUT2D eigenvalue weighted by molar-refractivity contribution is 5.49. The zero-order chi connectivity index (χ0) is 13.5. The summed E-state index contributed by atoms with van der Waals surface area (Å²) in [4.78, 5) is 2.46. The lowest BCUT2D eigenvalue weighted by molar-refractivity contribution is 0.376. The summed E-state index contributed by atoms with van der Waals surface area (Å²) < 4.78 is 0. The Morgan fingerprint density at radius 3 is 2.74 bits per heavy atom. The molecule has 1 aliphatic rings. The number of nitriles is 1. The molecular formula is C16H23N3. The van der Waals surface area contributed by atoms with E-state index in [1.807, 2.05) is 12.1 Å². The number of piperidine rings is 1. The predicted molar refractivity (Wildman–Crippen MR) is 79.3 cm³/mol. The van der Waals surface area contributed by atoms with Gasteiger partial charge in [-0.05, 0) is 62.5 Å². The van der Waals surface area contributed by atoms with Crippen LogP contribution in [0, 0.1) is 17.2 Å². The van der Waals surface area contributed by atoms with Crippen molar-refractivity contribution in [2.75, 3.05) is 31.1 Å². The molecule has 0 bridgehead atoms. The molecule has 0 aliphatic carbocycles. The van der Waals surface area contributed by atoms with Crippen molar-refractivity contribution in [3.05, 3.63) is 29.8 Å². The molecule has 1 saturated heterocycles. The molecule has 2 rings (SSSR count). The number of nitrogens with zero attached hydrogens (tertiary/aromatic N) is 2. The fourth-order valence-electron chi connectivity index (χ4n) is 2.73. The largest absolute Gasteiger partial charge is 0.371 e. The van der Waals surface area contributed by atoms with Gasteiger partial charge >= 0.3 is 0 Å². The van der Waals surface area contributed by atoms with Crippen LogP contribution in [0.25, 0.3) is 0 Å². The van der Waals surface area contributed by atoms with Gasteiger partial charge in [-0.3, -0.25) is 0 Å². The molecule has 1 fully saturated rings. The minimum Gasteiger partial charge on any atom is -0.371 e. The molecule has 0 aromatic heterocycles. The van der Waals surface area contributed by atoms with E-state index in [-0.39, 0.29) is 0 Å². The van der Waals surface area contributed by atoms with Crippen LogP contribution >= 0.6 is 0 Å². The number of benzene rings is 1. The Morgan fingerprint density at radius 1 is 1.37 bits per heavy atom. The van der Waals surface area contributed by atoms with Crippen molar-refractivity contribution in [3.63, 3.8) is 0 Å². The highest BCUT2D eigenvalue weighted by Crippen LogP contribution is 2.19. The van der Waals surface area contributed by atoms with Gasteiger partial charge in [0.2, 0.25) is 0 Å². The van der Waals surface area contributed by atoms with Crippen LogP contribution in [0.4, 0.5) is 5.69 Å². The summed E-state index contributed by atoms with van der Waals surface area (Å²) in [6, 6.07) is 10.2. The second-order valence-electron chi connectivity index (χ2n) is 5.32. The van der Waals surface area contributed by atoms with Gasteiger partial charge in [0.1, 0.15) is 0 Å². The van der Waals surface area contributed by atoms with E-state index in [0.29, 0.717) is 0 Å². The van der Waals surface area contributed by atoms with Crippen molar-refractivity contribution in [3.8, 4) is 6.07 Å². The van der Waals surface area contributed by atoms with Crippen molar-refractivity contribution >= 4 is 5.69 Å². The van der Waals surface area contributed by atoms with Gasteiger partial charge in [0.25, 0.3) is 0 Å². The van der Waals surface area contributed by atoms with Crippen molar-refractivity contribution in [1.82, 2.24) is 5.32 Å². The maximum atomic E-state index is 8.86. The molecule has 3 heteroatoms. The Hall–Kier alpha value is -1.53. The van der Waals surface area contributed by atoms with Crippen LogP contribution in [0.5, 0.6) is 0 Å². The minimum atomic E-state index is 0.736. The number of rotatable bonds is 5. The third-order valence-electron chi connectivity index (χ3n) is 3.73. The standard InChI is InChI=1S/C16H23N3/c1-2-10-19(13-15-4-3-9-18-12-15)16-7-5-14(11-17)6-8-16/h5-8,15,18H,2-4,9-10,12-13H2,1H3. The normalized spacial score (nSPS) is 18.8. The Morgan fingerprint density at radius 2 is 2.16 bits per heavy atom. The fraction of sp³-hybridized carbons (Fsp3) is 0.562. The number of nitrogens with one attached hydrogen (secondary N) is 1. The van der Waals surface area contributed by atoms with Crippen LogP contribution in [0.15, 0.2) is 24.3 Å². The topological polar surface area (TPSA) is 39.1 Å². The molecule has 0 radical (unpaired) electrons. The first-order valence-corrected chi connectivity index (χ1v) is 7.29. The van der Waals surface area contributed by atoms with Gasteiger partial charge in [0.15, 0.2) is 0 Å². The van der Waals surface area contributed by atoms with Crippen molar-refractivity contribution in [1.29, 1.82) is 5.26 Å². The molecule has 1 atom stereocenters. The molecule has 0 spiro atoms. The van der Waals surface area contributed by atoms with Crippen molar-refractivity contribution < 1.29 is 0 Å². The third-order valence-corrected chi connectivity index (χ3v) is 3.73. The van der Waals surface area contributed by atoms with Gasteiger partial charge in [-0.1, -0.05) is 6.92 Å². The SMILES string of the molecule is CCCN(CC1CCCNC1)c1ccc(C#N)cc1. The van der Waals surface area contributed by atoms with Crippen LogP contribution in [0.1, 0.15) is 31.7 Å². The highest BCUT2D eigenvalue weighted by atomic mass is 15.1. The first kappa shape index (κ1) is 13.9. The fourth-order valence-corrected chi connectivity index (χ4v) is 2.73. The van der Waals surface area contributed by atoms with Crippen molar-refractivity contribution in [2.45, 2.75) is 26.2 Å². The van der Waals surface area contributed by atoms with E-state index in [1.54, 1.807) is 0 Å². The lowest BCUT2D eigenvalue weighted by Crippen LogP contribution is -2.38. The van der Waals surface area contributed by atoms with E-state index in [0.717, 1.165) is 37.5 Å². The van der Waals surface area contributed by atoms with Gasteiger partial charge < -0.3 is 10.2 Å². The zero-order valence-corrected chi connectivity index (χ0v) is 11.7. The van der Waals surface area contributed by atoms with E-state index < -0.39 is 0 Å². The Labute approximate surface area is 116 Å². The maximum Gasteiger partial charge on any atom is 0.0991 e. The van der Waals surface area contributed by atoms with E-state index in [4.69, 9.17) is 5.26 Å². The highest BCUT2D eigenvalue weighted by Gasteiger charge is 2.16. The van der Waals surface area contributed by atoms with Gasteiger partial charge in [0.05, 0.1) is 11.6 Å². The number of hydrogen-bond donors (Lipinski definition) is 1. The molecule has 1 heterocycles.